The summed E-state index contributed by atoms with van der Waals surface area (Å²) in [5, 5.41) is 2.39. The third-order valence-electron chi connectivity index (χ3n) is 5.48. The quantitative estimate of drug-likeness (QED) is 0.689. The van der Waals surface area contributed by atoms with Gasteiger partial charge in [0, 0.05) is 11.1 Å². The van der Waals surface area contributed by atoms with Gasteiger partial charge in [-0.25, -0.2) is 4.90 Å². The van der Waals surface area contributed by atoms with Crippen LogP contribution in [0.1, 0.15) is 48.2 Å². The fraction of sp³-hybridized carbons (Fsp3) is 0.381. The van der Waals surface area contributed by atoms with Crippen molar-refractivity contribution in [1.82, 2.24) is 4.90 Å². The molecular formula is C21H21ClN2O3S. The van der Waals surface area contributed by atoms with Crippen LogP contribution in [-0.2, 0) is 9.59 Å². The van der Waals surface area contributed by atoms with Gasteiger partial charge >= 0.3 is 0 Å². The Hall–Kier alpha value is -2.18. The second-order valence-electron chi connectivity index (χ2n) is 7.25. The number of hydrogen-bond acceptors (Lipinski definition) is 4. The van der Waals surface area contributed by atoms with Crippen molar-refractivity contribution >= 4 is 46.3 Å². The summed E-state index contributed by atoms with van der Waals surface area (Å²) in [6, 6.07) is 9.48. The summed E-state index contributed by atoms with van der Waals surface area (Å²) in [6.07, 6.45) is 4.98. The molecule has 0 bridgehead atoms. The smallest absolute Gasteiger partial charge is 0.264 e. The van der Waals surface area contributed by atoms with E-state index in [0.29, 0.717) is 15.6 Å². The van der Waals surface area contributed by atoms with Gasteiger partial charge in [0.2, 0.25) is 5.91 Å². The number of rotatable bonds is 4. The Morgan fingerprint density at radius 3 is 2.43 bits per heavy atom. The molecule has 3 amide bonds. The van der Waals surface area contributed by atoms with E-state index in [-0.39, 0.29) is 30.2 Å². The lowest BCUT2D eigenvalue weighted by Gasteiger charge is -2.37. The average molecular weight is 417 g/mol. The molecule has 4 rings (SSSR count). The Bertz CT molecular complexity index is 876. The zero-order valence-electron chi connectivity index (χ0n) is 15.3. The number of amides is 3. The van der Waals surface area contributed by atoms with E-state index < -0.39 is 6.04 Å². The first-order valence-corrected chi connectivity index (χ1v) is 10.8. The fourth-order valence-corrected chi connectivity index (χ4v) is 4.94. The highest BCUT2D eigenvalue weighted by Gasteiger charge is 2.46. The number of imide groups is 1. The van der Waals surface area contributed by atoms with Gasteiger partial charge in [0.05, 0.1) is 17.0 Å². The molecule has 2 aliphatic rings. The highest BCUT2D eigenvalue weighted by atomic mass is 35.5. The third-order valence-corrected chi connectivity index (χ3v) is 6.59. The molecule has 2 aromatic rings. The molecular weight excluding hydrogens is 396 g/mol. The van der Waals surface area contributed by atoms with Gasteiger partial charge < -0.3 is 4.90 Å². The van der Waals surface area contributed by atoms with Crippen LogP contribution in [0.15, 0.2) is 41.8 Å². The van der Waals surface area contributed by atoms with Crippen molar-refractivity contribution in [2.75, 3.05) is 4.90 Å². The summed E-state index contributed by atoms with van der Waals surface area (Å²) in [5.74, 6) is -0.758. The van der Waals surface area contributed by atoms with Gasteiger partial charge in [0.15, 0.2) is 0 Å². The number of anilines is 1. The lowest BCUT2D eigenvalue weighted by molar-refractivity contribution is -0.123. The lowest BCUT2D eigenvalue weighted by Crippen LogP contribution is -2.51. The van der Waals surface area contributed by atoms with Crippen LogP contribution in [0.25, 0.3) is 0 Å². The lowest BCUT2D eigenvalue weighted by atomic mass is 9.92. The predicted octanol–water partition coefficient (Wildman–Crippen LogP) is 4.51. The Morgan fingerprint density at radius 1 is 1.07 bits per heavy atom. The molecule has 5 nitrogen and oxygen atoms in total. The first-order chi connectivity index (χ1) is 13.6. The molecule has 146 valence electrons. The van der Waals surface area contributed by atoms with Crippen LogP contribution in [0.5, 0.6) is 0 Å². The number of hydrogen-bond donors (Lipinski definition) is 0. The second kappa shape index (κ2) is 8.05. The van der Waals surface area contributed by atoms with E-state index in [1.165, 1.54) is 16.2 Å². The molecule has 1 aromatic carbocycles. The highest BCUT2D eigenvalue weighted by Crippen LogP contribution is 2.33. The van der Waals surface area contributed by atoms with Crippen LogP contribution in [-0.4, -0.2) is 34.7 Å². The van der Waals surface area contributed by atoms with Crippen molar-refractivity contribution < 1.29 is 14.4 Å². The van der Waals surface area contributed by atoms with Gasteiger partial charge in [-0.2, -0.15) is 0 Å². The van der Waals surface area contributed by atoms with Crippen molar-refractivity contribution in [3.05, 3.63) is 51.7 Å². The molecule has 2 fully saturated rings. The van der Waals surface area contributed by atoms with Crippen molar-refractivity contribution in [2.24, 2.45) is 0 Å². The molecule has 1 aliphatic heterocycles. The number of halogens is 1. The van der Waals surface area contributed by atoms with Crippen LogP contribution >= 0.6 is 22.9 Å². The van der Waals surface area contributed by atoms with E-state index in [2.05, 4.69) is 0 Å². The van der Waals surface area contributed by atoms with E-state index in [1.54, 1.807) is 35.2 Å². The van der Waals surface area contributed by atoms with Gasteiger partial charge in [-0.1, -0.05) is 36.9 Å². The summed E-state index contributed by atoms with van der Waals surface area (Å²) in [7, 11) is 0. The summed E-state index contributed by atoms with van der Waals surface area (Å²) in [5.41, 5.74) is 0.495. The Balaban J connectivity index is 1.66. The van der Waals surface area contributed by atoms with Gasteiger partial charge in [-0.15, -0.1) is 11.3 Å². The summed E-state index contributed by atoms with van der Waals surface area (Å²) in [4.78, 5) is 42.7. The molecule has 28 heavy (non-hydrogen) atoms. The van der Waals surface area contributed by atoms with Gasteiger partial charge in [0.25, 0.3) is 11.8 Å². The van der Waals surface area contributed by atoms with Crippen molar-refractivity contribution in [1.29, 1.82) is 0 Å². The van der Waals surface area contributed by atoms with E-state index in [0.717, 1.165) is 32.1 Å². The molecule has 1 aromatic heterocycles. The summed E-state index contributed by atoms with van der Waals surface area (Å²) >= 11 is 7.30. The van der Waals surface area contributed by atoms with Gasteiger partial charge in [-0.05, 0) is 48.6 Å². The van der Waals surface area contributed by atoms with Crippen molar-refractivity contribution in [3.63, 3.8) is 0 Å². The van der Waals surface area contributed by atoms with Crippen LogP contribution in [0, 0.1) is 0 Å². The van der Waals surface area contributed by atoms with Gasteiger partial charge in [0.1, 0.15) is 6.04 Å². The van der Waals surface area contributed by atoms with Crippen LogP contribution in [0.4, 0.5) is 5.69 Å². The first kappa shape index (κ1) is 19.2. The third kappa shape index (κ3) is 3.59. The van der Waals surface area contributed by atoms with Crippen LogP contribution in [0.2, 0.25) is 5.02 Å². The van der Waals surface area contributed by atoms with Gasteiger partial charge in [-0.3, -0.25) is 14.4 Å². The predicted molar refractivity (Wildman–Crippen MR) is 110 cm³/mol. The largest absolute Gasteiger partial charge is 0.322 e. The maximum atomic E-state index is 13.3. The minimum absolute atomic E-state index is 0.00438. The van der Waals surface area contributed by atoms with Crippen molar-refractivity contribution in [3.8, 4) is 0 Å². The molecule has 0 spiro atoms. The summed E-state index contributed by atoms with van der Waals surface area (Å²) < 4.78 is 0. The number of carbonyl (C=O) groups excluding carboxylic acids is 3. The van der Waals surface area contributed by atoms with Crippen LogP contribution < -0.4 is 4.90 Å². The fourth-order valence-electron chi connectivity index (χ4n) is 4.14. The maximum Gasteiger partial charge on any atom is 0.264 e. The molecule has 0 N–H and O–H groups in total. The average Bonchev–Trinajstić information content (AvgIpc) is 3.33. The first-order valence-electron chi connectivity index (χ1n) is 9.55. The molecule has 1 saturated carbocycles. The Kier molecular flexibility index (Phi) is 5.51. The molecule has 1 atom stereocenters. The Labute approximate surface area is 172 Å². The zero-order valence-corrected chi connectivity index (χ0v) is 16.9. The highest BCUT2D eigenvalue weighted by molar-refractivity contribution is 7.12. The van der Waals surface area contributed by atoms with E-state index in [4.69, 9.17) is 11.6 Å². The zero-order chi connectivity index (χ0) is 19.7. The van der Waals surface area contributed by atoms with Crippen molar-refractivity contribution in [2.45, 2.75) is 50.6 Å². The number of thiophene rings is 1. The monoisotopic (exact) mass is 416 g/mol. The molecule has 0 radical (unpaired) electrons. The van der Waals surface area contributed by atoms with Crippen LogP contribution in [0.3, 0.4) is 0 Å². The Morgan fingerprint density at radius 2 is 1.79 bits per heavy atom. The maximum absolute atomic E-state index is 13.3. The van der Waals surface area contributed by atoms with E-state index >= 15 is 0 Å². The number of benzene rings is 1. The SMILES string of the molecule is O=C1CC(N(C(=O)c2cccs2)C2CCCCC2)C(=O)N1c1ccc(Cl)cc1. The number of carbonyl (C=O) groups is 3. The molecule has 2 heterocycles. The number of nitrogens with zero attached hydrogens (tertiary/aromatic N) is 2. The molecule has 1 saturated heterocycles. The molecule has 1 aliphatic carbocycles. The minimum atomic E-state index is -0.749. The molecule has 7 heteroatoms. The topological polar surface area (TPSA) is 57.7 Å². The second-order valence-corrected chi connectivity index (χ2v) is 8.63. The van der Waals surface area contributed by atoms with E-state index in [1.807, 2.05) is 11.4 Å². The summed E-state index contributed by atoms with van der Waals surface area (Å²) in [6.45, 7) is 0. The normalized spacial score (nSPS) is 20.6. The van der Waals surface area contributed by atoms with E-state index in [9.17, 15) is 14.4 Å². The standard InChI is InChI=1S/C21H21ClN2O3S/c22-14-8-10-16(11-9-14)24-19(25)13-17(20(24)26)23(15-5-2-1-3-6-15)21(27)18-7-4-12-28-18/h4,7-12,15,17H,1-3,5-6,13H2. The minimum Gasteiger partial charge on any atom is -0.322 e. The molecule has 1 unspecified atom stereocenters.